The number of nitrogens with zero attached hydrogens (tertiary/aromatic N) is 1. The molecule has 2 N–H and O–H groups in total. The molecule has 4 heteroatoms. The molecule has 1 rings (SSSR count). The Morgan fingerprint density at radius 1 is 1.62 bits per heavy atom. The third-order valence-electron chi connectivity index (χ3n) is 2.04. The minimum absolute atomic E-state index is 0.0180. The molecule has 1 aliphatic rings. The fourth-order valence-electron chi connectivity index (χ4n) is 1.20. The molecule has 13 heavy (non-hydrogen) atoms. The van der Waals surface area contributed by atoms with Crippen molar-refractivity contribution in [1.29, 1.82) is 0 Å². The zero-order chi connectivity index (χ0) is 9.84. The van der Waals surface area contributed by atoms with Crippen LogP contribution in [0.15, 0.2) is 0 Å². The van der Waals surface area contributed by atoms with Crippen LogP contribution in [0.25, 0.3) is 0 Å². The first-order chi connectivity index (χ1) is 6.13. The summed E-state index contributed by atoms with van der Waals surface area (Å²) in [6.45, 7) is 6.53. The molecule has 0 aromatic heterocycles. The summed E-state index contributed by atoms with van der Waals surface area (Å²) in [6, 6.07) is 0. The summed E-state index contributed by atoms with van der Waals surface area (Å²) in [5, 5.41) is 0. The molecule has 4 nitrogen and oxygen atoms in total. The van der Waals surface area contributed by atoms with Gasteiger partial charge in [0, 0.05) is 19.7 Å². The Kier molecular flexibility index (Phi) is 3.69. The molecular weight excluding hydrogens is 168 g/mol. The van der Waals surface area contributed by atoms with E-state index in [9.17, 15) is 4.79 Å². The minimum atomic E-state index is 0.0180. The molecule has 0 atom stereocenters. The lowest BCUT2D eigenvalue weighted by Crippen LogP contribution is -2.56. The number of nitrogens with two attached hydrogens (primary N) is 1. The number of hydrogen-bond acceptors (Lipinski definition) is 3. The number of carbonyl (C=O) groups is 1. The molecule has 0 aromatic carbocycles. The molecule has 1 fully saturated rings. The van der Waals surface area contributed by atoms with Gasteiger partial charge in [-0.15, -0.1) is 0 Å². The van der Waals surface area contributed by atoms with Crippen LogP contribution < -0.4 is 5.73 Å². The highest BCUT2D eigenvalue weighted by atomic mass is 16.5. The molecule has 1 heterocycles. The van der Waals surface area contributed by atoms with Crippen LogP contribution in [0.1, 0.15) is 13.8 Å². The number of likely N-dealkylation sites (tertiary alicyclic amines) is 1. The van der Waals surface area contributed by atoms with Gasteiger partial charge in [-0.25, -0.2) is 0 Å². The van der Waals surface area contributed by atoms with Crippen molar-refractivity contribution in [2.75, 3.05) is 26.2 Å². The van der Waals surface area contributed by atoms with Crippen LogP contribution in [0.5, 0.6) is 0 Å². The molecule has 0 spiro atoms. The van der Waals surface area contributed by atoms with Crippen molar-refractivity contribution in [3.8, 4) is 0 Å². The van der Waals surface area contributed by atoms with E-state index in [4.69, 9.17) is 10.5 Å². The first-order valence-electron chi connectivity index (χ1n) is 4.73. The molecule has 1 amide bonds. The number of hydrogen-bond donors (Lipinski definition) is 1. The van der Waals surface area contributed by atoms with Gasteiger partial charge in [0.25, 0.3) is 0 Å². The van der Waals surface area contributed by atoms with Gasteiger partial charge in [0.1, 0.15) is 0 Å². The topological polar surface area (TPSA) is 55.6 Å². The molecule has 0 aliphatic carbocycles. The van der Waals surface area contributed by atoms with Crippen molar-refractivity contribution in [3.05, 3.63) is 0 Å². The highest BCUT2D eigenvalue weighted by molar-refractivity contribution is 5.78. The van der Waals surface area contributed by atoms with E-state index in [1.165, 1.54) is 0 Å². The van der Waals surface area contributed by atoms with Crippen molar-refractivity contribution in [1.82, 2.24) is 4.90 Å². The predicted molar refractivity (Wildman–Crippen MR) is 50.2 cm³/mol. The highest BCUT2D eigenvalue weighted by Crippen LogP contribution is 2.12. The fourth-order valence-corrected chi connectivity index (χ4v) is 1.20. The summed E-state index contributed by atoms with van der Waals surface area (Å²) >= 11 is 0. The SMILES string of the molecule is CC(C)COC1CN(C(=O)CN)C1. The average molecular weight is 186 g/mol. The van der Waals surface area contributed by atoms with Crippen LogP contribution in [0, 0.1) is 5.92 Å². The Hall–Kier alpha value is -0.610. The van der Waals surface area contributed by atoms with Gasteiger partial charge >= 0.3 is 0 Å². The second-order valence-electron chi connectivity index (χ2n) is 3.85. The lowest BCUT2D eigenvalue weighted by atomic mass is 10.1. The average Bonchev–Trinajstić information content (AvgIpc) is 2.00. The Labute approximate surface area is 79.0 Å². The molecule has 0 aromatic rings. The number of ether oxygens (including phenoxy) is 1. The first kappa shape index (κ1) is 10.5. The molecule has 0 bridgehead atoms. The van der Waals surface area contributed by atoms with E-state index in [1.54, 1.807) is 4.90 Å². The van der Waals surface area contributed by atoms with Crippen LogP contribution >= 0.6 is 0 Å². The number of amides is 1. The van der Waals surface area contributed by atoms with Crippen molar-refractivity contribution in [2.24, 2.45) is 11.7 Å². The van der Waals surface area contributed by atoms with Gasteiger partial charge in [0.2, 0.25) is 5.91 Å². The Morgan fingerprint density at radius 3 is 2.69 bits per heavy atom. The van der Waals surface area contributed by atoms with Crippen molar-refractivity contribution in [3.63, 3.8) is 0 Å². The van der Waals surface area contributed by atoms with E-state index in [0.29, 0.717) is 19.0 Å². The quantitative estimate of drug-likeness (QED) is 0.663. The van der Waals surface area contributed by atoms with E-state index in [1.807, 2.05) is 0 Å². The van der Waals surface area contributed by atoms with Gasteiger partial charge in [-0.1, -0.05) is 13.8 Å². The lowest BCUT2D eigenvalue weighted by Gasteiger charge is -2.39. The second-order valence-corrected chi connectivity index (χ2v) is 3.85. The maximum absolute atomic E-state index is 11.0. The smallest absolute Gasteiger partial charge is 0.236 e. The van der Waals surface area contributed by atoms with Gasteiger partial charge < -0.3 is 15.4 Å². The van der Waals surface area contributed by atoms with E-state index >= 15 is 0 Å². The highest BCUT2D eigenvalue weighted by Gasteiger charge is 2.30. The van der Waals surface area contributed by atoms with Crippen molar-refractivity contribution < 1.29 is 9.53 Å². The summed E-state index contributed by atoms with van der Waals surface area (Å²) in [5.41, 5.74) is 5.22. The van der Waals surface area contributed by atoms with Crippen LogP contribution in [-0.2, 0) is 9.53 Å². The van der Waals surface area contributed by atoms with Crippen LogP contribution in [0.3, 0.4) is 0 Å². The summed E-state index contributed by atoms with van der Waals surface area (Å²) in [7, 11) is 0. The van der Waals surface area contributed by atoms with E-state index in [0.717, 1.165) is 6.61 Å². The van der Waals surface area contributed by atoms with Gasteiger partial charge in [-0.05, 0) is 5.92 Å². The maximum Gasteiger partial charge on any atom is 0.236 e. The number of carbonyl (C=O) groups excluding carboxylic acids is 1. The van der Waals surface area contributed by atoms with E-state index < -0.39 is 0 Å². The zero-order valence-corrected chi connectivity index (χ0v) is 8.32. The Balaban J connectivity index is 2.08. The molecule has 0 saturated carbocycles. The van der Waals surface area contributed by atoms with Crippen LogP contribution in [-0.4, -0.2) is 43.2 Å². The summed E-state index contributed by atoms with van der Waals surface area (Å²) in [6.07, 6.45) is 0.234. The van der Waals surface area contributed by atoms with Gasteiger partial charge in [0.05, 0.1) is 12.6 Å². The molecule has 1 saturated heterocycles. The lowest BCUT2D eigenvalue weighted by molar-refractivity contribution is -0.144. The van der Waals surface area contributed by atoms with E-state index in [-0.39, 0.29) is 18.6 Å². The Morgan fingerprint density at radius 2 is 2.23 bits per heavy atom. The van der Waals surface area contributed by atoms with E-state index in [2.05, 4.69) is 13.8 Å². The summed E-state index contributed by atoms with van der Waals surface area (Å²) < 4.78 is 5.53. The van der Waals surface area contributed by atoms with Crippen LogP contribution in [0.2, 0.25) is 0 Å². The zero-order valence-electron chi connectivity index (χ0n) is 8.32. The molecule has 1 aliphatic heterocycles. The summed E-state index contributed by atoms with van der Waals surface area (Å²) in [4.78, 5) is 12.8. The van der Waals surface area contributed by atoms with Crippen molar-refractivity contribution in [2.45, 2.75) is 20.0 Å². The standard InChI is InChI=1S/C9H18N2O2/c1-7(2)6-13-8-4-11(5-8)9(12)3-10/h7-8H,3-6,10H2,1-2H3. The first-order valence-corrected chi connectivity index (χ1v) is 4.73. The second kappa shape index (κ2) is 4.58. The monoisotopic (exact) mass is 186 g/mol. The number of rotatable bonds is 4. The van der Waals surface area contributed by atoms with Crippen LogP contribution in [0.4, 0.5) is 0 Å². The normalized spacial score (nSPS) is 17.7. The summed E-state index contributed by atoms with van der Waals surface area (Å²) in [5.74, 6) is 0.573. The predicted octanol–water partition coefficient (Wildman–Crippen LogP) is -0.171. The molecule has 0 radical (unpaired) electrons. The van der Waals surface area contributed by atoms with Crippen molar-refractivity contribution >= 4 is 5.91 Å². The molecule has 76 valence electrons. The van der Waals surface area contributed by atoms with Gasteiger partial charge in [0.15, 0.2) is 0 Å². The third-order valence-corrected chi connectivity index (χ3v) is 2.04. The maximum atomic E-state index is 11.0. The van der Waals surface area contributed by atoms with Gasteiger partial charge in [-0.3, -0.25) is 4.79 Å². The Bertz CT molecular complexity index is 176. The molecule has 0 unspecified atom stereocenters. The molecular formula is C9H18N2O2. The third kappa shape index (κ3) is 2.97. The fraction of sp³-hybridized carbons (Fsp3) is 0.889. The largest absolute Gasteiger partial charge is 0.374 e. The van der Waals surface area contributed by atoms with Gasteiger partial charge in [-0.2, -0.15) is 0 Å². The minimum Gasteiger partial charge on any atom is -0.374 e.